The molecule has 2 unspecified atom stereocenters. The van der Waals surface area contributed by atoms with E-state index in [1.54, 1.807) is 12.1 Å². The summed E-state index contributed by atoms with van der Waals surface area (Å²) in [6.07, 6.45) is 1.37. The summed E-state index contributed by atoms with van der Waals surface area (Å²) in [4.78, 5) is 28.1. The SMILES string of the molecule is O=C(NC(Cc1ccccc1)C(=O)N1CCC(C(O)c2ccccc2)CC1)c1ccccc1. The monoisotopic (exact) mass is 442 g/mol. The Labute approximate surface area is 195 Å². The van der Waals surface area contributed by atoms with Gasteiger partial charge in [0.25, 0.3) is 5.91 Å². The standard InChI is InChI=1S/C28H30N2O3/c31-26(22-12-6-2-7-13-22)23-16-18-30(19-17-23)28(33)25(20-21-10-4-1-5-11-21)29-27(32)24-14-8-3-9-15-24/h1-15,23,25-26,31H,16-20H2,(H,29,32). The van der Waals surface area contributed by atoms with Crippen LogP contribution in [-0.2, 0) is 11.2 Å². The Balaban J connectivity index is 1.43. The van der Waals surface area contributed by atoms with Crippen LogP contribution in [0.3, 0.4) is 0 Å². The van der Waals surface area contributed by atoms with E-state index < -0.39 is 12.1 Å². The van der Waals surface area contributed by atoms with Crippen molar-refractivity contribution in [2.24, 2.45) is 5.92 Å². The molecule has 0 saturated carbocycles. The second-order valence-electron chi connectivity index (χ2n) is 8.60. The molecular weight excluding hydrogens is 412 g/mol. The van der Waals surface area contributed by atoms with Gasteiger partial charge in [-0.25, -0.2) is 0 Å². The summed E-state index contributed by atoms with van der Waals surface area (Å²) >= 11 is 0. The third kappa shape index (κ3) is 5.88. The van der Waals surface area contributed by atoms with Crippen LogP contribution in [0.1, 0.15) is 40.4 Å². The molecule has 1 heterocycles. The number of likely N-dealkylation sites (tertiary alicyclic amines) is 1. The van der Waals surface area contributed by atoms with Crippen LogP contribution in [0, 0.1) is 5.92 Å². The second-order valence-corrected chi connectivity index (χ2v) is 8.60. The predicted molar refractivity (Wildman–Crippen MR) is 129 cm³/mol. The first-order valence-electron chi connectivity index (χ1n) is 11.5. The molecule has 5 heteroatoms. The van der Waals surface area contributed by atoms with E-state index in [0.29, 0.717) is 25.1 Å². The Bertz CT molecular complexity index is 1030. The fourth-order valence-electron chi connectivity index (χ4n) is 4.46. The highest BCUT2D eigenvalue weighted by Crippen LogP contribution is 2.30. The Morgan fingerprint density at radius 3 is 2.00 bits per heavy atom. The Kier molecular flexibility index (Phi) is 7.53. The quantitative estimate of drug-likeness (QED) is 0.581. The number of nitrogens with one attached hydrogen (secondary N) is 1. The van der Waals surface area contributed by atoms with E-state index in [2.05, 4.69) is 5.32 Å². The Morgan fingerprint density at radius 1 is 0.848 bits per heavy atom. The van der Waals surface area contributed by atoms with Gasteiger partial charge in [-0.1, -0.05) is 78.9 Å². The summed E-state index contributed by atoms with van der Waals surface area (Å²) in [5.74, 6) is -0.210. The van der Waals surface area contributed by atoms with Crippen LogP contribution in [-0.4, -0.2) is 41.0 Å². The van der Waals surface area contributed by atoms with E-state index >= 15 is 0 Å². The molecule has 3 aromatic rings. The molecule has 0 aliphatic carbocycles. The van der Waals surface area contributed by atoms with E-state index in [1.165, 1.54) is 0 Å². The molecule has 2 amide bonds. The highest BCUT2D eigenvalue weighted by atomic mass is 16.3. The summed E-state index contributed by atoms with van der Waals surface area (Å²) in [7, 11) is 0. The highest BCUT2D eigenvalue weighted by molar-refractivity contribution is 5.97. The van der Waals surface area contributed by atoms with Crippen molar-refractivity contribution in [2.45, 2.75) is 31.4 Å². The van der Waals surface area contributed by atoms with Gasteiger partial charge in [-0.3, -0.25) is 9.59 Å². The maximum Gasteiger partial charge on any atom is 0.251 e. The lowest BCUT2D eigenvalue weighted by molar-refractivity contribution is -0.135. The molecule has 0 aromatic heterocycles. The minimum atomic E-state index is -0.643. The van der Waals surface area contributed by atoms with Crippen molar-refractivity contribution in [1.29, 1.82) is 0 Å². The number of aliphatic hydroxyl groups excluding tert-OH is 1. The fourth-order valence-corrected chi connectivity index (χ4v) is 4.46. The summed E-state index contributed by atoms with van der Waals surface area (Å²) in [5.41, 5.74) is 2.45. The normalized spacial score (nSPS) is 16.1. The molecule has 5 nitrogen and oxygen atoms in total. The molecule has 1 fully saturated rings. The van der Waals surface area contributed by atoms with Gasteiger partial charge in [0.05, 0.1) is 6.10 Å². The predicted octanol–water partition coefficient (Wildman–Crippen LogP) is 4.00. The molecule has 0 bridgehead atoms. The lowest BCUT2D eigenvalue weighted by Crippen LogP contribution is -2.52. The number of carbonyl (C=O) groups is 2. The van der Waals surface area contributed by atoms with Crippen molar-refractivity contribution in [3.63, 3.8) is 0 Å². The maximum absolute atomic E-state index is 13.5. The van der Waals surface area contributed by atoms with Crippen molar-refractivity contribution in [3.05, 3.63) is 108 Å². The van der Waals surface area contributed by atoms with E-state index in [0.717, 1.165) is 24.0 Å². The average molecular weight is 443 g/mol. The van der Waals surface area contributed by atoms with Gasteiger partial charge >= 0.3 is 0 Å². The molecule has 1 saturated heterocycles. The number of amides is 2. The zero-order valence-corrected chi connectivity index (χ0v) is 18.6. The largest absolute Gasteiger partial charge is 0.388 e. The van der Waals surface area contributed by atoms with Crippen molar-refractivity contribution >= 4 is 11.8 Å². The third-order valence-corrected chi connectivity index (χ3v) is 6.36. The van der Waals surface area contributed by atoms with Crippen LogP contribution in [0.4, 0.5) is 0 Å². The highest BCUT2D eigenvalue weighted by Gasteiger charge is 2.32. The number of benzene rings is 3. The minimum Gasteiger partial charge on any atom is -0.388 e. The summed E-state index contributed by atoms with van der Waals surface area (Å²) in [6.45, 7) is 1.14. The van der Waals surface area contributed by atoms with Gasteiger partial charge in [0.15, 0.2) is 0 Å². The zero-order valence-electron chi connectivity index (χ0n) is 18.6. The molecule has 4 rings (SSSR count). The molecule has 33 heavy (non-hydrogen) atoms. The zero-order chi connectivity index (χ0) is 23.0. The van der Waals surface area contributed by atoms with E-state index in [4.69, 9.17) is 0 Å². The summed E-state index contributed by atoms with van der Waals surface area (Å²) in [5, 5.41) is 13.7. The van der Waals surface area contributed by atoms with Crippen LogP contribution in [0.5, 0.6) is 0 Å². The summed E-state index contributed by atoms with van der Waals surface area (Å²) < 4.78 is 0. The first-order valence-corrected chi connectivity index (χ1v) is 11.5. The summed E-state index contributed by atoms with van der Waals surface area (Å²) in [6, 6.07) is 27.8. The number of piperidine rings is 1. The van der Waals surface area contributed by atoms with Crippen LogP contribution < -0.4 is 5.32 Å². The van der Waals surface area contributed by atoms with Crippen molar-refractivity contribution in [1.82, 2.24) is 10.2 Å². The number of rotatable bonds is 7. The molecule has 2 atom stereocenters. The van der Waals surface area contributed by atoms with Crippen LogP contribution in [0.25, 0.3) is 0 Å². The topological polar surface area (TPSA) is 69.6 Å². The number of nitrogens with zero attached hydrogens (tertiary/aromatic N) is 1. The number of aliphatic hydroxyl groups is 1. The van der Waals surface area contributed by atoms with E-state index in [9.17, 15) is 14.7 Å². The van der Waals surface area contributed by atoms with Gasteiger partial charge in [0.1, 0.15) is 6.04 Å². The molecule has 1 aliphatic heterocycles. The van der Waals surface area contributed by atoms with Crippen molar-refractivity contribution in [2.75, 3.05) is 13.1 Å². The van der Waals surface area contributed by atoms with Crippen LogP contribution in [0.2, 0.25) is 0 Å². The molecule has 0 radical (unpaired) electrons. The first kappa shape index (κ1) is 22.7. The van der Waals surface area contributed by atoms with Crippen molar-refractivity contribution < 1.29 is 14.7 Å². The van der Waals surface area contributed by atoms with Gasteiger partial charge in [0, 0.05) is 25.1 Å². The third-order valence-electron chi connectivity index (χ3n) is 6.36. The number of hydrogen-bond donors (Lipinski definition) is 2. The Morgan fingerprint density at radius 2 is 1.39 bits per heavy atom. The molecular formula is C28H30N2O3. The molecule has 170 valence electrons. The number of hydrogen-bond acceptors (Lipinski definition) is 3. The maximum atomic E-state index is 13.5. The molecule has 2 N–H and O–H groups in total. The van der Waals surface area contributed by atoms with Gasteiger partial charge in [-0.05, 0) is 42.0 Å². The lowest BCUT2D eigenvalue weighted by Gasteiger charge is -2.36. The number of carbonyl (C=O) groups excluding carboxylic acids is 2. The minimum absolute atomic E-state index is 0.0733. The Hall–Kier alpha value is -3.44. The van der Waals surface area contributed by atoms with E-state index in [1.807, 2.05) is 83.8 Å². The van der Waals surface area contributed by atoms with Crippen LogP contribution in [0.15, 0.2) is 91.0 Å². The fraction of sp³-hybridized carbons (Fsp3) is 0.286. The lowest BCUT2D eigenvalue weighted by atomic mass is 9.87. The molecule has 3 aromatic carbocycles. The van der Waals surface area contributed by atoms with Gasteiger partial charge in [0.2, 0.25) is 5.91 Å². The smallest absolute Gasteiger partial charge is 0.251 e. The van der Waals surface area contributed by atoms with Gasteiger partial charge in [-0.2, -0.15) is 0 Å². The molecule has 1 aliphatic rings. The first-order chi connectivity index (χ1) is 16.1. The van der Waals surface area contributed by atoms with Crippen LogP contribution >= 0.6 is 0 Å². The second kappa shape index (κ2) is 10.9. The van der Waals surface area contributed by atoms with Gasteiger partial charge < -0.3 is 15.3 Å². The van der Waals surface area contributed by atoms with Crippen molar-refractivity contribution in [3.8, 4) is 0 Å². The van der Waals surface area contributed by atoms with Gasteiger partial charge in [-0.15, -0.1) is 0 Å². The van der Waals surface area contributed by atoms with E-state index in [-0.39, 0.29) is 17.7 Å². The molecule has 0 spiro atoms. The average Bonchev–Trinajstić information content (AvgIpc) is 2.89.